The predicted molar refractivity (Wildman–Crippen MR) is 41.4 cm³/mol. The van der Waals surface area contributed by atoms with Gasteiger partial charge in [-0.3, -0.25) is 0 Å². The maximum Gasteiger partial charge on any atom is 0.143 e. The first-order valence-electron chi connectivity index (χ1n) is 3.47. The maximum absolute atomic E-state index is 4.98. The van der Waals surface area contributed by atoms with E-state index in [-0.39, 0.29) is 0 Å². The molecule has 0 N–H and O–H groups in total. The van der Waals surface area contributed by atoms with Crippen molar-refractivity contribution in [1.29, 1.82) is 0 Å². The van der Waals surface area contributed by atoms with Gasteiger partial charge in [-0.25, -0.2) is 0 Å². The maximum atomic E-state index is 4.98. The van der Waals surface area contributed by atoms with Gasteiger partial charge in [0.15, 0.2) is 0 Å². The molecule has 0 amide bonds. The molecule has 0 aromatic heterocycles. The van der Waals surface area contributed by atoms with Crippen LogP contribution in [-0.4, -0.2) is 11.3 Å². The van der Waals surface area contributed by atoms with Gasteiger partial charge < -0.3 is 4.84 Å². The summed E-state index contributed by atoms with van der Waals surface area (Å²) in [6.45, 7) is 11.7. The second kappa shape index (κ2) is 2.26. The minimum atomic E-state index is -0.556. The van der Waals surface area contributed by atoms with Crippen molar-refractivity contribution in [3.63, 3.8) is 0 Å². The molecule has 1 aliphatic heterocycles. The number of nitrogens with zero attached hydrogens (tertiary/aromatic N) is 1. The minimum Gasteiger partial charge on any atom is -0.389 e. The Morgan fingerprint density at radius 1 is 1.60 bits per heavy atom. The number of rotatable bonds is 1. The van der Waals surface area contributed by atoms with Gasteiger partial charge in [-0.05, 0) is 19.8 Å². The lowest BCUT2D eigenvalue weighted by Crippen LogP contribution is -2.21. The lowest BCUT2D eigenvalue weighted by molar-refractivity contribution is 0.0548. The molecule has 0 aliphatic carbocycles. The summed E-state index contributed by atoms with van der Waals surface area (Å²) < 4.78 is 0. The third kappa shape index (κ3) is 1.49. The van der Waals surface area contributed by atoms with Gasteiger partial charge in [-0.2, -0.15) is 0 Å². The molecule has 1 rings (SSSR count). The van der Waals surface area contributed by atoms with E-state index in [0.29, 0.717) is 5.92 Å². The van der Waals surface area contributed by atoms with Crippen molar-refractivity contribution in [2.24, 2.45) is 11.1 Å². The van der Waals surface area contributed by atoms with Gasteiger partial charge in [-0.15, -0.1) is 0 Å². The summed E-state index contributed by atoms with van der Waals surface area (Å²) in [5, 5.41) is 3.88. The highest BCUT2D eigenvalue weighted by atomic mass is 16.7. The van der Waals surface area contributed by atoms with Crippen LogP contribution in [0.3, 0.4) is 0 Å². The summed E-state index contributed by atoms with van der Waals surface area (Å²) in [4.78, 5) is 4.98. The fourth-order valence-corrected chi connectivity index (χ4v) is 0.860. The zero-order chi connectivity index (χ0) is 7.78. The standard InChI is InChI=1S/C8H13NO/c1-6(2)7-5-8(3,4)10-9-7/h6H,3-5H2,1-2H3. The van der Waals surface area contributed by atoms with Crippen LogP contribution in [0.5, 0.6) is 0 Å². The Morgan fingerprint density at radius 2 is 2.20 bits per heavy atom. The van der Waals surface area contributed by atoms with E-state index < -0.39 is 5.60 Å². The van der Waals surface area contributed by atoms with E-state index in [1.165, 1.54) is 0 Å². The first-order valence-corrected chi connectivity index (χ1v) is 3.47. The molecule has 2 nitrogen and oxygen atoms in total. The van der Waals surface area contributed by atoms with Crippen LogP contribution < -0.4 is 0 Å². The van der Waals surface area contributed by atoms with E-state index in [9.17, 15) is 0 Å². The third-order valence-corrected chi connectivity index (χ3v) is 1.53. The van der Waals surface area contributed by atoms with Crippen molar-refractivity contribution in [3.8, 4) is 0 Å². The Labute approximate surface area is 62.3 Å². The van der Waals surface area contributed by atoms with Gasteiger partial charge >= 0.3 is 0 Å². The number of hydrogen-bond donors (Lipinski definition) is 0. The molecule has 0 aromatic rings. The molecule has 1 heterocycles. The largest absolute Gasteiger partial charge is 0.389 e. The lowest BCUT2D eigenvalue weighted by Gasteiger charge is -2.13. The van der Waals surface area contributed by atoms with Crippen LogP contribution in [0, 0.1) is 19.8 Å². The Kier molecular flexibility index (Phi) is 1.71. The van der Waals surface area contributed by atoms with Crippen LogP contribution in [0.15, 0.2) is 5.16 Å². The van der Waals surface area contributed by atoms with Crippen molar-refractivity contribution >= 4 is 5.71 Å². The summed E-state index contributed by atoms with van der Waals surface area (Å²) >= 11 is 0. The van der Waals surface area contributed by atoms with Gasteiger partial charge in [0.1, 0.15) is 5.60 Å². The molecule has 1 aliphatic rings. The Bertz CT molecular complexity index is 159. The molecule has 10 heavy (non-hydrogen) atoms. The highest BCUT2D eigenvalue weighted by Gasteiger charge is 2.30. The molecule has 2 radical (unpaired) electrons. The second-order valence-electron chi connectivity index (χ2n) is 3.19. The van der Waals surface area contributed by atoms with E-state index in [1.807, 2.05) is 0 Å². The normalized spacial score (nSPS) is 22.7. The Hall–Kier alpha value is -0.530. The summed E-state index contributed by atoms with van der Waals surface area (Å²) in [6, 6.07) is 0. The SMILES string of the molecule is [CH2]C1([CH2])CC(C(C)C)=NO1. The predicted octanol–water partition coefficient (Wildman–Crippen LogP) is 1.83. The summed E-state index contributed by atoms with van der Waals surface area (Å²) in [5.74, 6) is 0.449. The highest BCUT2D eigenvalue weighted by molar-refractivity contribution is 5.87. The van der Waals surface area contributed by atoms with Gasteiger partial charge in [0, 0.05) is 6.42 Å². The van der Waals surface area contributed by atoms with Crippen LogP contribution in [-0.2, 0) is 4.84 Å². The van der Waals surface area contributed by atoms with E-state index in [4.69, 9.17) is 4.84 Å². The average molecular weight is 139 g/mol. The molecule has 56 valence electrons. The first-order chi connectivity index (χ1) is 4.51. The van der Waals surface area contributed by atoms with E-state index in [2.05, 4.69) is 32.9 Å². The van der Waals surface area contributed by atoms with Crippen LogP contribution >= 0.6 is 0 Å². The van der Waals surface area contributed by atoms with Crippen molar-refractivity contribution < 1.29 is 4.84 Å². The summed E-state index contributed by atoms with van der Waals surface area (Å²) in [5.41, 5.74) is 0.504. The second-order valence-corrected chi connectivity index (χ2v) is 3.19. The average Bonchev–Trinajstić information content (AvgIpc) is 2.10. The Balaban J connectivity index is 2.55. The molecule has 0 spiro atoms. The summed E-state index contributed by atoms with van der Waals surface area (Å²) in [7, 11) is 0. The lowest BCUT2D eigenvalue weighted by atomic mass is 9.96. The van der Waals surface area contributed by atoms with Crippen molar-refractivity contribution in [2.75, 3.05) is 0 Å². The number of oxime groups is 1. The zero-order valence-corrected chi connectivity index (χ0v) is 6.55. The van der Waals surface area contributed by atoms with E-state index in [1.54, 1.807) is 0 Å². The topological polar surface area (TPSA) is 21.6 Å². The Morgan fingerprint density at radius 3 is 2.40 bits per heavy atom. The number of hydrogen-bond acceptors (Lipinski definition) is 2. The molecule has 2 heteroatoms. The molecular weight excluding hydrogens is 126 g/mol. The molecule has 0 fully saturated rings. The van der Waals surface area contributed by atoms with Crippen molar-refractivity contribution in [2.45, 2.75) is 25.9 Å². The molecular formula is C8H13NO. The van der Waals surface area contributed by atoms with Gasteiger partial charge in [-0.1, -0.05) is 19.0 Å². The smallest absolute Gasteiger partial charge is 0.143 e. The van der Waals surface area contributed by atoms with Gasteiger partial charge in [0.2, 0.25) is 0 Å². The highest BCUT2D eigenvalue weighted by Crippen LogP contribution is 2.24. The molecule has 0 atom stereocenters. The molecule has 0 saturated carbocycles. The van der Waals surface area contributed by atoms with E-state index >= 15 is 0 Å². The van der Waals surface area contributed by atoms with Crippen molar-refractivity contribution in [1.82, 2.24) is 0 Å². The minimum absolute atomic E-state index is 0.449. The molecule has 0 aromatic carbocycles. The van der Waals surface area contributed by atoms with Crippen LogP contribution in [0.25, 0.3) is 0 Å². The summed E-state index contributed by atoms with van der Waals surface area (Å²) in [6.07, 6.45) is 0.755. The van der Waals surface area contributed by atoms with Gasteiger partial charge in [0.25, 0.3) is 0 Å². The first kappa shape index (κ1) is 7.58. The third-order valence-electron chi connectivity index (χ3n) is 1.53. The molecule has 0 saturated heterocycles. The zero-order valence-electron chi connectivity index (χ0n) is 6.55. The monoisotopic (exact) mass is 139 g/mol. The van der Waals surface area contributed by atoms with Gasteiger partial charge in [0.05, 0.1) is 5.71 Å². The van der Waals surface area contributed by atoms with Crippen molar-refractivity contribution in [3.05, 3.63) is 13.8 Å². The van der Waals surface area contributed by atoms with Crippen LogP contribution in [0.1, 0.15) is 20.3 Å². The van der Waals surface area contributed by atoms with E-state index in [0.717, 1.165) is 12.1 Å². The molecule has 0 bridgehead atoms. The van der Waals surface area contributed by atoms with Crippen LogP contribution in [0.4, 0.5) is 0 Å². The fraction of sp³-hybridized carbons (Fsp3) is 0.625. The fourth-order valence-electron chi connectivity index (χ4n) is 0.860. The van der Waals surface area contributed by atoms with Crippen LogP contribution in [0.2, 0.25) is 0 Å². The molecule has 0 unspecified atom stereocenters. The quantitative estimate of drug-likeness (QED) is 0.543.